The fraction of sp³-hybridized carbons (Fsp3) is 0.364. The number of carbonyl (C=O) groups is 1. The number of halogens is 4. The number of rotatable bonds is 3. The normalized spacial score (nSPS) is 20.0. The molecule has 0 aromatic heterocycles. The molecule has 0 amide bonds. The average molecular weight is 360 g/mol. The van der Waals surface area contributed by atoms with Gasteiger partial charge in [0.2, 0.25) is 15.1 Å². The van der Waals surface area contributed by atoms with Crippen molar-refractivity contribution in [3.8, 4) is 0 Å². The second kappa shape index (κ2) is 5.79. The highest BCUT2D eigenvalue weighted by Gasteiger charge is 2.35. The van der Waals surface area contributed by atoms with Gasteiger partial charge in [0.1, 0.15) is 4.90 Å². The molecule has 0 aliphatic carbocycles. The Bertz CT molecular complexity index is 676. The van der Waals surface area contributed by atoms with E-state index in [-0.39, 0.29) is 10.1 Å². The lowest BCUT2D eigenvalue weighted by Gasteiger charge is -2.14. The van der Waals surface area contributed by atoms with E-state index >= 15 is 0 Å². The highest BCUT2D eigenvalue weighted by Crippen LogP contribution is 2.33. The summed E-state index contributed by atoms with van der Waals surface area (Å²) in [4.78, 5) is 10.7. The Hall–Kier alpha value is -0.770. The Balaban J connectivity index is 2.37. The van der Waals surface area contributed by atoms with Crippen molar-refractivity contribution < 1.29 is 26.4 Å². The van der Waals surface area contributed by atoms with Gasteiger partial charge in [0, 0.05) is 5.75 Å². The van der Waals surface area contributed by atoms with E-state index in [0.29, 0.717) is 24.3 Å². The number of hydrogen-bond acceptors (Lipinski definition) is 4. The summed E-state index contributed by atoms with van der Waals surface area (Å²) >= 11 is 6.65. The van der Waals surface area contributed by atoms with Crippen molar-refractivity contribution in [2.24, 2.45) is 0 Å². The van der Waals surface area contributed by atoms with Crippen molar-refractivity contribution in [3.05, 3.63) is 28.8 Å². The summed E-state index contributed by atoms with van der Waals surface area (Å²) in [5.41, 5.74) is -1.13. The standard InChI is InChI=1S/C11H9ClF3NO3S2/c12-7-2-1-6(11(13,14)15)5-9(7)21(18,19)16-8-3-4-20-10(8)17/h1-2,5,8,16H,3-4H2. The largest absolute Gasteiger partial charge is 0.416 e. The lowest BCUT2D eigenvalue weighted by Crippen LogP contribution is -2.37. The van der Waals surface area contributed by atoms with Gasteiger partial charge in [-0.25, -0.2) is 8.42 Å². The number of alkyl halides is 3. The molecular weight excluding hydrogens is 351 g/mol. The molecule has 1 aliphatic heterocycles. The summed E-state index contributed by atoms with van der Waals surface area (Å²) in [5.74, 6) is 0.461. The average Bonchev–Trinajstić information content (AvgIpc) is 2.73. The van der Waals surface area contributed by atoms with E-state index < -0.39 is 32.7 Å². The Labute approximate surface area is 128 Å². The van der Waals surface area contributed by atoms with Crippen LogP contribution in [0.15, 0.2) is 23.1 Å². The fourth-order valence-electron chi connectivity index (χ4n) is 1.74. The molecule has 10 heteroatoms. The zero-order chi connectivity index (χ0) is 15.8. The van der Waals surface area contributed by atoms with Gasteiger partial charge in [0.05, 0.1) is 16.6 Å². The molecule has 1 N–H and O–H groups in total. The maximum absolute atomic E-state index is 12.6. The fourth-order valence-corrected chi connectivity index (χ4v) is 4.50. The first kappa shape index (κ1) is 16.6. The van der Waals surface area contributed by atoms with Gasteiger partial charge in [-0.3, -0.25) is 4.79 Å². The van der Waals surface area contributed by atoms with Crippen molar-refractivity contribution >= 4 is 38.5 Å². The minimum absolute atomic E-state index is 0.291. The quantitative estimate of drug-likeness (QED) is 0.901. The maximum atomic E-state index is 12.6. The summed E-state index contributed by atoms with van der Waals surface area (Å²) in [6.45, 7) is 0. The molecule has 2 rings (SSSR count). The third-order valence-corrected chi connectivity index (χ3v) is 5.74. The van der Waals surface area contributed by atoms with Crippen LogP contribution in [0.2, 0.25) is 5.02 Å². The first-order valence-corrected chi connectivity index (χ1v) is 8.51. The second-order valence-corrected chi connectivity index (χ2v) is 7.46. The van der Waals surface area contributed by atoms with E-state index in [1.165, 1.54) is 0 Å². The zero-order valence-corrected chi connectivity index (χ0v) is 12.7. The van der Waals surface area contributed by atoms with Crippen LogP contribution in [-0.4, -0.2) is 25.3 Å². The van der Waals surface area contributed by atoms with Gasteiger partial charge in [-0.2, -0.15) is 17.9 Å². The smallest absolute Gasteiger partial charge is 0.285 e. The van der Waals surface area contributed by atoms with Crippen LogP contribution < -0.4 is 4.72 Å². The molecule has 1 saturated heterocycles. The highest BCUT2D eigenvalue weighted by molar-refractivity contribution is 8.14. The topological polar surface area (TPSA) is 63.2 Å². The van der Waals surface area contributed by atoms with Crippen molar-refractivity contribution in [2.45, 2.75) is 23.5 Å². The van der Waals surface area contributed by atoms with Gasteiger partial charge in [0.25, 0.3) is 0 Å². The third-order valence-electron chi connectivity index (χ3n) is 2.78. The van der Waals surface area contributed by atoms with E-state index in [4.69, 9.17) is 11.6 Å². The molecule has 1 aliphatic rings. The lowest BCUT2D eigenvalue weighted by atomic mass is 10.2. The Morgan fingerprint density at radius 3 is 2.52 bits per heavy atom. The summed E-state index contributed by atoms with van der Waals surface area (Å²) < 4.78 is 64.2. The number of hydrogen-bond donors (Lipinski definition) is 1. The summed E-state index contributed by atoms with van der Waals surface area (Å²) in [5, 5.41) is -0.699. The van der Waals surface area contributed by atoms with E-state index in [2.05, 4.69) is 4.72 Å². The van der Waals surface area contributed by atoms with Crippen LogP contribution in [0.3, 0.4) is 0 Å². The number of nitrogens with one attached hydrogen (secondary N) is 1. The SMILES string of the molecule is O=C1SCCC1NS(=O)(=O)c1cc(C(F)(F)F)ccc1Cl. The summed E-state index contributed by atoms with van der Waals surface area (Å²) in [6.07, 6.45) is -4.40. The van der Waals surface area contributed by atoms with Crippen LogP contribution in [0.25, 0.3) is 0 Å². The third kappa shape index (κ3) is 3.71. The molecule has 1 aromatic rings. The predicted octanol–water partition coefficient (Wildman–Crippen LogP) is 2.67. The number of thioether (sulfide) groups is 1. The number of carbonyl (C=O) groups excluding carboxylic acids is 1. The molecule has 0 saturated carbocycles. The van der Waals surface area contributed by atoms with Gasteiger partial charge in [-0.05, 0) is 24.6 Å². The van der Waals surface area contributed by atoms with Crippen molar-refractivity contribution in [3.63, 3.8) is 0 Å². The molecule has 1 atom stereocenters. The van der Waals surface area contributed by atoms with Crippen LogP contribution >= 0.6 is 23.4 Å². The van der Waals surface area contributed by atoms with Crippen molar-refractivity contribution in [1.82, 2.24) is 4.72 Å². The monoisotopic (exact) mass is 359 g/mol. The summed E-state index contributed by atoms with van der Waals surface area (Å²) in [6, 6.07) is 1.07. The minimum atomic E-state index is -4.69. The van der Waals surface area contributed by atoms with Crippen molar-refractivity contribution in [1.29, 1.82) is 0 Å². The molecule has 0 spiro atoms. The summed E-state index contributed by atoms with van der Waals surface area (Å²) in [7, 11) is -4.31. The first-order chi connectivity index (χ1) is 9.61. The van der Waals surface area contributed by atoms with Gasteiger partial charge < -0.3 is 0 Å². The second-order valence-electron chi connectivity index (χ2n) is 4.27. The minimum Gasteiger partial charge on any atom is -0.285 e. The molecule has 1 unspecified atom stereocenters. The van der Waals surface area contributed by atoms with E-state index in [1.807, 2.05) is 0 Å². The highest BCUT2D eigenvalue weighted by atomic mass is 35.5. The first-order valence-electron chi connectivity index (χ1n) is 5.67. The van der Waals surface area contributed by atoms with Crippen LogP contribution in [0, 0.1) is 0 Å². The number of sulfonamides is 1. The van der Waals surface area contributed by atoms with Gasteiger partial charge in [0.15, 0.2) is 0 Å². The van der Waals surface area contributed by atoms with E-state index in [0.717, 1.165) is 17.8 Å². The Kier molecular flexibility index (Phi) is 4.57. The molecule has 0 bridgehead atoms. The van der Waals surface area contributed by atoms with Crippen LogP contribution in [0.4, 0.5) is 13.2 Å². The van der Waals surface area contributed by atoms with Gasteiger partial charge in [-0.1, -0.05) is 23.4 Å². The maximum Gasteiger partial charge on any atom is 0.416 e. The Morgan fingerprint density at radius 1 is 1.33 bits per heavy atom. The Morgan fingerprint density at radius 2 is 2.00 bits per heavy atom. The number of benzene rings is 1. The molecule has 1 aromatic carbocycles. The van der Waals surface area contributed by atoms with Crippen LogP contribution in [-0.2, 0) is 21.0 Å². The van der Waals surface area contributed by atoms with Gasteiger partial charge in [-0.15, -0.1) is 0 Å². The van der Waals surface area contributed by atoms with Crippen LogP contribution in [0.5, 0.6) is 0 Å². The molecular formula is C11H9ClF3NO3S2. The predicted molar refractivity (Wildman–Crippen MR) is 72.6 cm³/mol. The molecule has 4 nitrogen and oxygen atoms in total. The van der Waals surface area contributed by atoms with E-state index in [1.54, 1.807) is 0 Å². The zero-order valence-electron chi connectivity index (χ0n) is 10.3. The molecule has 1 heterocycles. The van der Waals surface area contributed by atoms with Crippen molar-refractivity contribution in [2.75, 3.05) is 5.75 Å². The van der Waals surface area contributed by atoms with E-state index in [9.17, 15) is 26.4 Å². The van der Waals surface area contributed by atoms with Crippen LogP contribution in [0.1, 0.15) is 12.0 Å². The molecule has 1 fully saturated rings. The molecule has 116 valence electrons. The van der Waals surface area contributed by atoms with Gasteiger partial charge >= 0.3 is 6.18 Å². The molecule has 0 radical (unpaired) electrons. The molecule has 21 heavy (non-hydrogen) atoms. The lowest BCUT2D eigenvalue weighted by molar-refractivity contribution is -0.137.